The number of halogens is 1. The first-order valence-corrected chi connectivity index (χ1v) is 11.6. The van der Waals surface area contributed by atoms with Crippen molar-refractivity contribution in [3.63, 3.8) is 0 Å². The highest BCUT2D eigenvalue weighted by Crippen LogP contribution is 2.29. The molecule has 30 heavy (non-hydrogen) atoms. The van der Waals surface area contributed by atoms with Crippen LogP contribution < -0.4 is 0 Å². The Bertz CT molecular complexity index is 1040. The lowest BCUT2D eigenvalue weighted by Crippen LogP contribution is -2.41. The molecule has 1 amide bonds. The van der Waals surface area contributed by atoms with E-state index in [2.05, 4.69) is 10.1 Å². The standard InChI is InChI=1S/C19H23ClN4O5S/c1-13-21-18(29-22-13)15-3-2-6-23(12-15)19(25)14-4-5-16(20)17(11-14)30(26,27)24-7-9-28-10-8-24/h4-5,11,15H,2-3,6-10,12H2,1H3. The van der Waals surface area contributed by atoms with Crippen molar-refractivity contribution >= 4 is 27.5 Å². The van der Waals surface area contributed by atoms with Gasteiger partial charge in [0, 0.05) is 31.7 Å². The highest BCUT2D eigenvalue weighted by Gasteiger charge is 2.32. The van der Waals surface area contributed by atoms with E-state index in [1.165, 1.54) is 16.4 Å². The van der Waals surface area contributed by atoms with Gasteiger partial charge in [-0.1, -0.05) is 16.8 Å². The zero-order valence-corrected chi connectivity index (χ0v) is 18.2. The lowest BCUT2D eigenvalue weighted by atomic mass is 9.97. The number of aryl methyl sites for hydroxylation is 1. The van der Waals surface area contributed by atoms with Crippen molar-refractivity contribution in [2.45, 2.75) is 30.6 Å². The van der Waals surface area contributed by atoms with Crippen molar-refractivity contribution in [2.75, 3.05) is 39.4 Å². The molecular formula is C19H23ClN4O5S. The summed E-state index contributed by atoms with van der Waals surface area (Å²) in [5.41, 5.74) is 0.286. The molecule has 2 aliphatic rings. The summed E-state index contributed by atoms with van der Waals surface area (Å²) >= 11 is 6.21. The molecule has 1 aromatic heterocycles. The third kappa shape index (κ3) is 4.22. The normalized spacial score (nSPS) is 21.0. The molecule has 2 aliphatic heterocycles. The molecule has 4 rings (SSSR count). The molecule has 1 unspecified atom stereocenters. The number of hydrogen-bond acceptors (Lipinski definition) is 7. The molecule has 0 bridgehead atoms. The Kier molecular flexibility index (Phi) is 6.10. The van der Waals surface area contributed by atoms with Crippen LogP contribution in [0.25, 0.3) is 0 Å². The van der Waals surface area contributed by atoms with Gasteiger partial charge in [0.1, 0.15) is 4.90 Å². The van der Waals surface area contributed by atoms with Gasteiger partial charge in [0.25, 0.3) is 5.91 Å². The van der Waals surface area contributed by atoms with E-state index >= 15 is 0 Å². The molecule has 1 atom stereocenters. The number of carbonyl (C=O) groups excluding carboxylic acids is 1. The predicted molar refractivity (Wildman–Crippen MR) is 108 cm³/mol. The number of amides is 1. The molecule has 0 saturated carbocycles. The topological polar surface area (TPSA) is 106 Å². The molecule has 0 N–H and O–H groups in total. The van der Waals surface area contributed by atoms with Gasteiger partial charge in [-0.05, 0) is 38.0 Å². The fourth-order valence-electron chi connectivity index (χ4n) is 3.78. The second kappa shape index (κ2) is 8.62. The van der Waals surface area contributed by atoms with Crippen LogP contribution in [0.5, 0.6) is 0 Å². The maximum absolute atomic E-state index is 13.1. The summed E-state index contributed by atoms with van der Waals surface area (Å²) in [4.78, 5) is 19.1. The van der Waals surface area contributed by atoms with Crippen molar-refractivity contribution < 1.29 is 22.5 Å². The minimum absolute atomic E-state index is 0.0345. The molecule has 11 heteroatoms. The molecule has 1 aromatic carbocycles. The minimum atomic E-state index is -3.81. The van der Waals surface area contributed by atoms with Crippen molar-refractivity contribution in [3.05, 3.63) is 40.5 Å². The van der Waals surface area contributed by atoms with E-state index in [-0.39, 0.29) is 40.4 Å². The van der Waals surface area contributed by atoms with E-state index < -0.39 is 10.0 Å². The average Bonchev–Trinajstić information content (AvgIpc) is 3.20. The van der Waals surface area contributed by atoms with Crippen molar-refractivity contribution in [1.82, 2.24) is 19.3 Å². The van der Waals surface area contributed by atoms with Crippen molar-refractivity contribution in [2.24, 2.45) is 0 Å². The second-order valence-corrected chi connectivity index (χ2v) is 9.75. The first kappa shape index (κ1) is 21.2. The van der Waals surface area contributed by atoms with Crippen LogP contribution in [-0.4, -0.2) is 73.1 Å². The summed E-state index contributed by atoms with van der Waals surface area (Å²) in [6.45, 7) is 3.95. The van der Waals surface area contributed by atoms with Gasteiger partial charge in [0.2, 0.25) is 15.9 Å². The van der Waals surface area contributed by atoms with Gasteiger partial charge < -0.3 is 14.2 Å². The van der Waals surface area contributed by atoms with Crippen LogP contribution in [0.15, 0.2) is 27.6 Å². The Balaban J connectivity index is 1.56. The summed E-state index contributed by atoms with van der Waals surface area (Å²) < 4.78 is 37.9. The van der Waals surface area contributed by atoms with E-state index in [1.807, 2.05) is 0 Å². The maximum Gasteiger partial charge on any atom is 0.253 e. The van der Waals surface area contributed by atoms with E-state index in [1.54, 1.807) is 17.9 Å². The number of likely N-dealkylation sites (tertiary alicyclic amines) is 1. The van der Waals surface area contributed by atoms with E-state index in [0.29, 0.717) is 38.0 Å². The highest BCUT2D eigenvalue weighted by molar-refractivity contribution is 7.89. The van der Waals surface area contributed by atoms with Crippen LogP contribution in [0.3, 0.4) is 0 Å². The van der Waals surface area contributed by atoms with Gasteiger partial charge >= 0.3 is 0 Å². The third-order valence-electron chi connectivity index (χ3n) is 5.37. The van der Waals surface area contributed by atoms with Crippen LogP contribution in [-0.2, 0) is 14.8 Å². The van der Waals surface area contributed by atoms with Gasteiger partial charge in [-0.2, -0.15) is 9.29 Å². The van der Waals surface area contributed by atoms with Gasteiger partial charge in [-0.25, -0.2) is 8.42 Å². The van der Waals surface area contributed by atoms with E-state index in [0.717, 1.165) is 12.8 Å². The quantitative estimate of drug-likeness (QED) is 0.696. The summed E-state index contributed by atoms with van der Waals surface area (Å²) in [5.74, 6) is 0.805. The van der Waals surface area contributed by atoms with Gasteiger partial charge in [0.15, 0.2) is 5.82 Å². The summed E-state index contributed by atoms with van der Waals surface area (Å²) in [6.07, 6.45) is 1.65. The zero-order valence-electron chi connectivity index (χ0n) is 16.6. The number of morpholine rings is 1. The van der Waals surface area contributed by atoms with Crippen LogP contribution in [0.2, 0.25) is 5.02 Å². The van der Waals surface area contributed by atoms with Crippen LogP contribution in [0, 0.1) is 6.92 Å². The Morgan fingerprint density at radius 1 is 1.23 bits per heavy atom. The maximum atomic E-state index is 13.1. The lowest BCUT2D eigenvalue weighted by Gasteiger charge is -2.31. The van der Waals surface area contributed by atoms with Crippen LogP contribution in [0.1, 0.15) is 40.8 Å². The Labute approximate surface area is 180 Å². The summed E-state index contributed by atoms with van der Waals surface area (Å²) in [6, 6.07) is 4.39. The van der Waals surface area contributed by atoms with Gasteiger partial charge in [-0.3, -0.25) is 4.79 Å². The third-order valence-corrected chi connectivity index (χ3v) is 7.75. The number of benzene rings is 1. The largest absolute Gasteiger partial charge is 0.379 e. The molecule has 2 aromatic rings. The zero-order chi connectivity index (χ0) is 21.3. The Morgan fingerprint density at radius 2 is 2.00 bits per heavy atom. The fraction of sp³-hybridized carbons (Fsp3) is 0.526. The Hall–Kier alpha value is -2.01. The van der Waals surface area contributed by atoms with Gasteiger partial charge in [-0.15, -0.1) is 0 Å². The van der Waals surface area contributed by atoms with Crippen LogP contribution >= 0.6 is 11.6 Å². The highest BCUT2D eigenvalue weighted by atomic mass is 35.5. The molecule has 0 spiro atoms. The smallest absolute Gasteiger partial charge is 0.253 e. The van der Waals surface area contributed by atoms with Crippen molar-refractivity contribution in [3.8, 4) is 0 Å². The van der Waals surface area contributed by atoms with E-state index in [4.69, 9.17) is 20.9 Å². The first-order chi connectivity index (χ1) is 14.4. The number of rotatable bonds is 4. The molecule has 0 aliphatic carbocycles. The van der Waals surface area contributed by atoms with Crippen molar-refractivity contribution in [1.29, 1.82) is 0 Å². The summed E-state index contributed by atoms with van der Waals surface area (Å²) in [5, 5.41) is 3.92. The number of sulfonamides is 1. The number of carbonyl (C=O) groups is 1. The number of hydrogen-bond donors (Lipinski definition) is 0. The molecule has 2 saturated heterocycles. The SMILES string of the molecule is Cc1noc(C2CCCN(C(=O)c3ccc(Cl)c(S(=O)(=O)N4CCOCC4)c3)C2)n1. The fourth-order valence-corrected chi connectivity index (χ4v) is 5.69. The average molecular weight is 455 g/mol. The Morgan fingerprint density at radius 3 is 2.70 bits per heavy atom. The van der Waals surface area contributed by atoms with Gasteiger partial charge in [0.05, 0.1) is 24.2 Å². The molecular weight excluding hydrogens is 432 g/mol. The summed E-state index contributed by atoms with van der Waals surface area (Å²) in [7, 11) is -3.81. The number of ether oxygens (including phenoxy) is 1. The molecule has 3 heterocycles. The lowest BCUT2D eigenvalue weighted by molar-refractivity contribution is 0.0695. The molecule has 9 nitrogen and oxygen atoms in total. The molecule has 2 fully saturated rings. The minimum Gasteiger partial charge on any atom is -0.379 e. The number of piperidine rings is 1. The van der Waals surface area contributed by atoms with Crippen LogP contribution in [0.4, 0.5) is 0 Å². The predicted octanol–water partition coefficient (Wildman–Crippen LogP) is 2.07. The molecule has 162 valence electrons. The first-order valence-electron chi connectivity index (χ1n) is 9.83. The number of aromatic nitrogens is 2. The monoisotopic (exact) mass is 454 g/mol. The van der Waals surface area contributed by atoms with E-state index in [9.17, 15) is 13.2 Å². The molecule has 0 radical (unpaired) electrons. The number of nitrogens with zero attached hydrogens (tertiary/aromatic N) is 4. The second-order valence-electron chi connectivity index (χ2n) is 7.43.